The fourth-order valence-electron chi connectivity index (χ4n) is 2.19. The van der Waals surface area contributed by atoms with Crippen molar-refractivity contribution in [2.45, 2.75) is 70.3 Å². The van der Waals surface area contributed by atoms with E-state index in [1.54, 1.807) is 13.8 Å². The number of halogens is 1. The van der Waals surface area contributed by atoms with Gasteiger partial charge in [0.1, 0.15) is 4.32 Å². The van der Waals surface area contributed by atoms with E-state index in [1.807, 2.05) is 13.8 Å². The SMILES string of the molecule is CCOC(=O)[C@](C)(Br)[C@@H]1C[C@@H](C(C)C)OC(C)(C)O1. The highest BCUT2D eigenvalue weighted by atomic mass is 79.9. The summed E-state index contributed by atoms with van der Waals surface area (Å²) in [5.74, 6) is -0.615. The van der Waals surface area contributed by atoms with Crippen molar-refractivity contribution in [2.75, 3.05) is 6.61 Å². The quantitative estimate of drug-likeness (QED) is 0.583. The third kappa shape index (κ3) is 4.17. The second-order valence-electron chi connectivity index (χ2n) is 5.94. The van der Waals surface area contributed by atoms with Crippen LogP contribution in [-0.2, 0) is 19.0 Å². The molecule has 0 aromatic carbocycles. The van der Waals surface area contributed by atoms with Crippen molar-refractivity contribution in [3.63, 3.8) is 0 Å². The molecule has 0 aliphatic carbocycles. The van der Waals surface area contributed by atoms with E-state index in [9.17, 15) is 4.79 Å². The van der Waals surface area contributed by atoms with Crippen LogP contribution < -0.4 is 0 Å². The predicted octanol–water partition coefficient (Wildman–Crippen LogP) is 3.27. The van der Waals surface area contributed by atoms with Gasteiger partial charge in [-0.15, -0.1) is 0 Å². The maximum absolute atomic E-state index is 12.1. The molecule has 1 heterocycles. The van der Waals surface area contributed by atoms with Crippen molar-refractivity contribution in [3.8, 4) is 0 Å². The van der Waals surface area contributed by atoms with Crippen molar-refractivity contribution < 1.29 is 19.0 Å². The smallest absolute Gasteiger partial charge is 0.325 e. The summed E-state index contributed by atoms with van der Waals surface area (Å²) in [6, 6.07) is 0. The molecule has 0 radical (unpaired) electrons. The molecule has 1 rings (SSSR count). The molecule has 4 nitrogen and oxygen atoms in total. The van der Waals surface area contributed by atoms with Crippen LogP contribution >= 0.6 is 15.9 Å². The van der Waals surface area contributed by atoms with Crippen LogP contribution in [0.15, 0.2) is 0 Å². The molecule has 1 fully saturated rings. The molecule has 1 saturated heterocycles. The Hall–Kier alpha value is -0.130. The Labute approximate surface area is 124 Å². The monoisotopic (exact) mass is 336 g/mol. The third-order valence-corrected chi connectivity index (χ3v) is 4.16. The van der Waals surface area contributed by atoms with E-state index in [1.165, 1.54) is 0 Å². The lowest BCUT2D eigenvalue weighted by atomic mass is 9.92. The summed E-state index contributed by atoms with van der Waals surface area (Å²) in [4.78, 5) is 12.1. The first-order valence-corrected chi connectivity index (χ1v) is 7.61. The largest absolute Gasteiger partial charge is 0.465 e. The van der Waals surface area contributed by atoms with Crippen molar-refractivity contribution in [3.05, 3.63) is 0 Å². The lowest BCUT2D eigenvalue weighted by Gasteiger charge is -2.45. The van der Waals surface area contributed by atoms with Crippen LogP contribution in [0.1, 0.15) is 48.0 Å². The number of hydrogen-bond acceptors (Lipinski definition) is 4. The van der Waals surface area contributed by atoms with Gasteiger partial charge >= 0.3 is 5.97 Å². The molecule has 0 bridgehead atoms. The van der Waals surface area contributed by atoms with Gasteiger partial charge in [0.15, 0.2) is 5.79 Å². The number of esters is 1. The molecule has 0 amide bonds. The summed E-state index contributed by atoms with van der Waals surface area (Å²) in [6.45, 7) is 11.9. The van der Waals surface area contributed by atoms with Gasteiger partial charge in [-0.05, 0) is 33.6 Å². The third-order valence-electron chi connectivity index (χ3n) is 3.33. The van der Waals surface area contributed by atoms with E-state index >= 15 is 0 Å². The standard InChI is InChI=1S/C14H25BrO4/c1-7-17-12(16)14(6,15)11-8-10(9(2)3)18-13(4,5)19-11/h9-11H,7-8H2,1-6H3/t10-,11-,14+/m0/s1. The number of hydrogen-bond donors (Lipinski definition) is 0. The minimum atomic E-state index is -0.850. The lowest BCUT2D eigenvalue weighted by Crippen LogP contribution is -2.55. The van der Waals surface area contributed by atoms with Crippen molar-refractivity contribution in [1.82, 2.24) is 0 Å². The van der Waals surface area contributed by atoms with Gasteiger partial charge in [0.2, 0.25) is 0 Å². The van der Waals surface area contributed by atoms with E-state index in [0.717, 1.165) is 0 Å². The Balaban J connectivity index is 2.89. The number of alkyl halides is 1. The summed E-state index contributed by atoms with van der Waals surface area (Å²) in [7, 11) is 0. The van der Waals surface area contributed by atoms with E-state index in [-0.39, 0.29) is 18.2 Å². The van der Waals surface area contributed by atoms with Gasteiger partial charge < -0.3 is 14.2 Å². The molecule has 1 aliphatic rings. The van der Waals surface area contributed by atoms with E-state index in [0.29, 0.717) is 18.9 Å². The average Bonchev–Trinajstić information content (AvgIpc) is 2.27. The molecule has 1 aliphatic heterocycles. The number of ether oxygens (including phenoxy) is 3. The normalized spacial score (nSPS) is 29.9. The Morgan fingerprint density at radius 1 is 1.47 bits per heavy atom. The van der Waals surface area contributed by atoms with Crippen molar-refractivity contribution in [2.24, 2.45) is 5.92 Å². The number of carbonyl (C=O) groups excluding carboxylic acids is 1. The van der Waals surface area contributed by atoms with Crippen LogP contribution in [0.5, 0.6) is 0 Å². The molecule has 0 N–H and O–H groups in total. The van der Waals surface area contributed by atoms with Gasteiger partial charge in [0.05, 0.1) is 18.8 Å². The van der Waals surface area contributed by atoms with Crippen LogP contribution in [-0.4, -0.2) is 34.9 Å². The molecule has 0 unspecified atom stereocenters. The van der Waals surface area contributed by atoms with Gasteiger partial charge in [0.25, 0.3) is 0 Å². The van der Waals surface area contributed by atoms with E-state index in [4.69, 9.17) is 14.2 Å². The topological polar surface area (TPSA) is 44.8 Å². The summed E-state index contributed by atoms with van der Waals surface area (Å²) < 4.78 is 16.1. The zero-order valence-electron chi connectivity index (χ0n) is 12.7. The lowest BCUT2D eigenvalue weighted by molar-refractivity contribution is -0.309. The molecule has 3 atom stereocenters. The second-order valence-corrected chi connectivity index (χ2v) is 7.59. The van der Waals surface area contributed by atoms with Crippen LogP contribution in [0.25, 0.3) is 0 Å². The fourth-order valence-corrected chi connectivity index (χ4v) is 2.58. The molecule has 0 aromatic heterocycles. The zero-order valence-corrected chi connectivity index (χ0v) is 14.2. The van der Waals surface area contributed by atoms with E-state index < -0.39 is 10.1 Å². The van der Waals surface area contributed by atoms with Crippen molar-refractivity contribution in [1.29, 1.82) is 0 Å². The summed E-state index contributed by atoms with van der Waals surface area (Å²) >= 11 is 3.48. The molecule has 0 aromatic rings. The van der Waals surface area contributed by atoms with Crippen LogP contribution in [0.4, 0.5) is 0 Å². The second kappa shape index (κ2) is 6.10. The minimum Gasteiger partial charge on any atom is -0.465 e. The first-order valence-electron chi connectivity index (χ1n) is 6.82. The highest BCUT2D eigenvalue weighted by Gasteiger charge is 2.48. The molecule has 5 heteroatoms. The van der Waals surface area contributed by atoms with E-state index in [2.05, 4.69) is 29.8 Å². The Kier molecular flexibility index (Phi) is 5.43. The molecular weight excluding hydrogens is 312 g/mol. The number of rotatable bonds is 4. The Morgan fingerprint density at radius 3 is 2.53 bits per heavy atom. The van der Waals surface area contributed by atoms with Gasteiger partial charge in [0, 0.05) is 6.42 Å². The first-order chi connectivity index (χ1) is 8.60. The maximum Gasteiger partial charge on any atom is 0.325 e. The van der Waals surface area contributed by atoms with Crippen LogP contribution in [0.3, 0.4) is 0 Å². The van der Waals surface area contributed by atoms with Gasteiger partial charge in [-0.25, -0.2) is 0 Å². The highest BCUT2D eigenvalue weighted by molar-refractivity contribution is 9.10. The molecule has 0 spiro atoms. The zero-order chi connectivity index (χ0) is 14.8. The average molecular weight is 337 g/mol. The molecule has 112 valence electrons. The summed E-state index contributed by atoms with van der Waals surface area (Å²) in [5, 5.41) is 0. The van der Waals surface area contributed by atoms with Crippen LogP contribution in [0, 0.1) is 5.92 Å². The first kappa shape index (κ1) is 16.9. The maximum atomic E-state index is 12.1. The predicted molar refractivity (Wildman–Crippen MR) is 77.2 cm³/mol. The van der Waals surface area contributed by atoms with Gasteiger partial charge in [-0.3, -0.25) is 4.79 Å². The van der Waals surface area contributed by atoms with Crippen LogP contribution in [0.2, 0.25) is 0 Å². The fraction of sp³-hybridized carbons (Fsp3) is 0.929. The Bertz CT molecular complexity index is 325. The summed E-state index contributed by atoms with van der Waals surface area (Å²) in [5.41, 5.74) is 0. The molecular formula is C14H25BrO4. The van der Waals surface area contributed by atoms with Crippen molar-refractivity contribution >= 4 is 21.9 Å². The Morgan fingerprint density at radius 2 is 2.05 bits per heavy atom. The van der Waals surface area contributed by atoms with Gasteiger partial charge in [-0.2, -0.15) is 0 Å². The highest BCUT2D eigenvalue weighted by Crippen LogP contribution is 2.38. The summed E-state index contributed by atoms with van der Waals surface area (Å²) in [6.07, 6.45) is 0.463. The molecule has 0 saturated carbocycles. The molecule has 19 heavy (non-hydrogen) atoms. The number of carbonyl (C=O) groups is 1. The van der Waals surface area contributed by atoms with Gasteiger partial charge in [-0.1, -0.05) is 29.8 Å². The minimum absolute atomic E-state index is 0.0695.